The van der Waals surface area contributed by atoms with Crippen LogP contribution in [0.3, 0.4) is 0 Å². The van der Waals surface area contributed by atoms with Crippen LogP contribution in [0.5, 0.6) is 0 Å². The Morgan fingerprint density at radius 3 is 2.40 bits per heavy atom. The zero-order chi connectivity index (χ0) is 18.0. The molecule has 0 spiro atoms. The Morgan fingerprint density at radius 1 is 1.16 bits per heavy atom. The summed E-state index contributed by atoms with van der Waals surface area (Å²) in [6.45, 7) is 1.41. The van der Waals surface area contributed by atoms with Crippen molar-refractivity contribution in [2.75, 3.05) is 18.4 Å². The smallest absolute Gasteiger partial charge is 0.339 e. The Hall–Kier alpha value is -2.35. The van der Waals surface area contributed by atoms with Crippen molar-refractivity contribution in [3.63, 3.8) is 0 Å². The molecule has 132 valence electrons. The number of benzene rings is 1. The molecular weight excluding hydrogens is 357 g/mol. The summed E-state index contributed by atoms with van der Waals surface area (Å²) in [7, 11) is 0. The number of halogens is 4. The number of carbonyl (C=O) groups excluding carboxylic acids is 1. The number of hydrogen-bond donors (Lipinski definition) is 1. The molecule has 5 nitrogen and oxygen atoms in total. The highest BCUT2D eigenvalue weighted by Crippen LogP contribution is 2.34. The number of alkyl halides is 3. The van der Waals surface area contributed by atoms with Crippen LogP contribution in [0.1, 0.15) is 28.8 Å². The van der Waals surface area contributed by atoms with Gasteiger partial charge in [-0.05, 0) is 31.0 Å². The van der Waals surface area contributed by atoms with Gasteiger partial charge in [-0.15, -0.1) is 0 Å². The van der Waals surface area contributed by atoms with Crippen LogP contribution in [-0.4, -0.2) is 33.9 Å². The zero-order valence-corrected chi connectivity index (χ0v) is 13.7. The highest BCUT2D eigenvalue weighted by Gasteiger charge is 2.31. The fourth-order valence-corrected chi connectivity index (χ4v) is 2.69. The van der Waals surface area contributed by atoms with Crippen LogP contribution in [0.15, 0.2) is 30.6 Å². The predicted octanol–water partition coefficient (Wildman–Crippen LogP) is 4.13. The fraction of sp³-hybridized carbons (Fsp3) is 0.312. The Bertz CT molecular complexity index is 774. The van der Waals surface area contributed by atoms with Crippen LogP contribution < -0.4 is 5.32 Å². The van der Waals surface area contributed by atoms with Gasteiger partial charge in [-0.2, -0.15) is 13.2 Å². The van der Waals surface area contributed by atoms with Crippen molar-refractivity contribution >= 4 is 29.1 Å². The van der Waals surface area contributed by atoms with Gasteiger partial charge < -0.3 is 10.2 Å². The molecule has 25 heavy (non-hydrogen) atoms. The Labute approximate surface area is 146 Å². The second-order valence-corrected chi connectivity index (χ2v) is 6.02. The summed E-state index contributed by atoms with van der Waals surface area (Å²) >= 11 is 5.92. The second-order valence-electron chi connectivity index (χ2n) is 5.61. The molecule has 1 aromatic heterocycles. The van der Waals surface area contributed by atoms with E-state index in [0.29, 0.717) is 18.7 Å². The molecule has 0 unspecified atom stereocenters. The lowest BCUT2D eigenvalue weighted by Gasteiger charge is -2.15. The van der Waals surface area contributed by atoms with Crippen molar-refractivity contribution in [3.8, 4) is 0 Å². The maximum Gasteiger partial charge on any atom is 0.416 e. The first-order valence-electron chi connectivity index (χ1n) is 7.60. The van der Waals surface area contributed by atoms with Gasteiger partial charge in [0, 0.05) is 25.5 Å². The molecule has 1 aromatic carbocycles. The minimum Gasteiger partial charge on any atom is -0.339 e. The number of carbonyl (C=O) groups is 1. The first-order chi connectivity index (χ1) is 11.8. The normalized spacial score (nSPS) is 14.6. The van der Waals surface area contributed by atoms with Gasteiger partial charge >= 0.3 is 6.18 Å². The highest BCUT2D eigenvalue weighted by molar-refractivity contribution is 6.33. The predicted molar refractivity (Wildman–Crippen MR) is 86.9 cm³/mol. The number of amides is 1. The molecule has 0 saturated carbocycles. The number of anilines is 2. The number of aromatic nitrogens is 2. The van der Waals surface area contributed by atoms with Crippen molar-refractivity contribution in [2.24, 2.45) is 0 Å². The molecule has 1 aliphatic heterocycles. The van der Waals surface area contributed by atoms with Gasteiger partial charge in [-0.1, -0.05) is 11.6 Å². The first kappa shape index (κ1) is 17.5. The molecule has 0 atom stereocenters. The Balaban J connectivity index is 1.76. The van der Waals surface area contributed by atoms with E-state index < -0.39 is 11.7 Å². The van der Waals surface area contributed by atoms with Crippen molar-refractivity contribution in [2.45, 2.75) is 19.0 Å². The molecular formula is C16H14ClF3N4O. The van der Waals surface area contributed by atoms with E-state index in [1.54, 1.807) is 4.90 Å². The Morgan fingerprint density at radius 2 is 1.80 bits per heavy atom. The lowest BCUT2D eigenvalue weighted by molar-refractivity contribution is -0.137. The van der Waals surface area contributed by atoms with E-state index in [2.05, 4.69) is 15.3 Å². The van der Waals surface area contributed by atoms with Crippen LogP contribution >= 0.6 is 11.6 Å². The van der Waals surface area contributed by atoms with Crippen LogP contribution in [-0.2, 0) is 6.18 Å². The molecule has 1 fully saturated rings. The topological polar surface area (TPSA) is 58.1 Å². The largest absolute Gasteiger partial charge is 0.416 e. The van der Waals surface area contributed by atoms with Crippen LogP contribution in [0, 0.1) is 0 Å². The van der Waals surface area contributed by atoms with E-state index in [4.69, 9.17) is 11.6 Å². The number of hydrogen-bond acceptors (Lipinski definition) is 4. The maximum absolute atomic E-state index is 12.8. The van der Waals surface area contributed by atoms with Gasteiger partial charge in [-0.3, -0.25) is 4.79 Å². The van der Waals surface area contributed by atoms with Gasteiger partial charge in [0.15, 0.2) is 0 Å². The van der Waals surface area contributed by atoms with Gasteiger partial charge in [0.25, 0.3) is 5.91 Å². The molecule has 9 heteroatoms. The summed E-state index contributed by atoms with van der Waals surface area (Å²) in [6, 6.07) is 2.93. The highest BCUT2D eigenvalue weighted by atomic mass is 35.5. The summed E-state index contributed by atoms with van der Waals surface area (Å²) in [5, 5.41) is 2.75. The van der Waals surface area contributed by atoms with Gasteiger partial charge in [0.1, 0.15) is 0 Å². The molecule has 1 aliphatic rings. The summed E-state index contributed by atoms with van der Waals surface area (Å²) < 4.78 is 38.4. The Kier molecular flexibility index (Phi) is 4.80. The van der Waals surface area contributed by atoms with Crippen LogP contribution in [0.2, 0.25) is 5.02 Å². The van der Waals surface area contributed by atoms with Crippen molar-refractivity contribution in [3.05, 3.63) is 46.7 Å². The number of nitrogens with one attached hydrogen (secondary N) is 1. The number of likely N-dealkylation sites (tertiary alicyclic amines) is 1. The molecule has 2 aromatic rings. The van der Waals surface area contributed by atoms with E-state index in [-0.39, 0.29) is 22.6 Å². The summed E-state index contributed by atoms with van der Waals surface area (Å²) in [6.07, 6.45) is 0.156. The molecule has 3 rings (SSSR count). The summed E-state index contributed by atoms with van der Waals surface area (Å²) in [4.78, 5) is 21.9. The van der Waals surface area contributed by atoms with E-state index in [0.717, 1.165) is 31.0 Å². The van der Waals surface area contributed by atoms with Gasteiger partial charge in [0.2, 0.25) is 5.95 Å². The van der Waals surface area contributed by atoms with Gasteiger partial charge in [-0.25, -0.2) is 9.97 Å². The molecule has 1 N–H and O–H groups in total. The molecule has 0 aliphatic carbocycles. The fourth-order valence-electron chi connectivity index (χ4n) is 2.52. The molecule has 0 bridgehead atoms. The summed E-state index contributed by atoms with van der Waals surface area (Å²) in [5.41, 5.74) is -0.460. The van der Waals surface area contributed by atoms with E-state index in [9.17, 15) is 18.0 Å². The molecule has 1 amide bonds. The second kappa shape index (κ2) is 6.87. The van der Waals surface area contributed by atoms with Crippen molar-refractivity contribution in [1.29, 1.82) is 0 Å². The van der Waals surface area contributed by atoms with E-state index >= 15 is 0 Å². The minimum atomic E-state index is -4.48. The minimum absolute atomic E-state index is 0.0371. The average molecular weight is 371 g/mol. The van der Waals surface area contributed by atoms with E-state index in [1.165, 1.54) is 12.4 Å². The zero-order valence-electron chi connectivity index (χ0n) is 13.0. The number of rotatable bonds is 3. The van der Waals surface area contributed by atoms with Crippen LogP contribution in [0.25, 0.3) is 0 Å². The van der Waals surface area contributed by atoms with E-state index in [1.807, 2.05) is 0 Å². The summed E-state index contributed by atoms with van der Waals surface area (Å²) in [5.74, 6) is -0.0969. The standard InChI is InChI=1S/C16H14ClF3N4O/c17-12-4-3-11(16(18,19)20)7-13(12)23-15-21-8-10(9-22-15)14(25)24-5-1-2-6-24/h3-4,7-9H,1-2,5-6H2,(H,21,22,23). The number of nitrogens with zero attached hydrogens (tertiary/aromatic N) is 3. The lowest BCUT2D eigenvalue weighted by Crippen LogP contribution is -2.27. The quantitative estimate of drug-likeness (QED) is 0.882. The van der Waals surface area contributed by atoms with Crippen molar-refractivity contribution < 1.29 is 18.0 Å². The first-order valence-corrected chi connectivity index (χ1v) is 7.97. The van der Waals surface area contributed by atoms with Crippen molar-refractivity contribution in [1.82, 2.24) is 14.9 Å². The van der Waals surface area contributed by atoms with Crippen LogP contribution in [0.4, 0.5) is 24.8 Å². The molecule has 1 saturated heterocycles. The third-order valence-electron chi connectivity index (χ3n) is 3.83. The third kappa shape index (κ3) is 4.01. The third-order valence-corrected chi connectivity index (χ3v) is 4.16. The molecule has 2 heterocycles. The monoisotopic (exact) mass is 370 g/mol. The lowest BCUT2D eigenvalue weighted by atomic mass is 10.2. The van der Waals surface area contributed by atoms with Gasteiger partial charge in [0.05, 0.1) is 21.8 Å². The average Bonchev–Trinajstić information content (AvgIpc) is 3.10. The molecule has 0 radical (unpaired) electrons. The SMILES string of the molecule is O=C(c1cnc(Nc2cc(C(F)(F)F)ccc2Cl)nc1)N1CCCC1. The maximum atomic E-state index is 12.8.